The van der Waals surface area contributed by atoms with Gasteiger partial charge in [-0.3, -0.25) is 9.69 Å². The molecule has 2 fully saturated rings. The summed E-state index contributed by atoms with van der Waals surface area (Å²) in [6.07, 6.45) is 2.95. The Balaban J connectivity index is 1.85. The van der Waals surface area contributed by atoms with Crippen LogP contribution < -0.4 is 5.32 Å². The van der Waals surface area contributed by atoms with Crippen molar-refractivity contribution < 1.29 is 4.79 Å². The number of hydrogen-bond donors (Lipinski definition) is 1. The van der Waals surface area contributed by atoms with Crippen molar-refractivity contribution in [2.75, 3.05) is 26.2 Å². The van der Waals surface area contributed by atoms with Crippen LogP contribution in [-0.2, 0) is 4.79 Å². The van der Waals surface area contributed by atoms with Crippen molar-refractivity contribution in [3.8, 4) is 6.07 Å². The molecule has 0 spiro atoms. The van der Waals surface area contributed by atoms with Gasteiger partial charge < -0.3 is 5.32 Å². The van der Waals surface area contributed by atoms with Crippen LogP contribution in [0.5, 0.6) is 0 Å². The summed E-state index contributed by atoms with van der Waals surface area (Å²) in [5.74, 6) is 0.115. The maximum Gasteiger partial charge on any atom is 0.234 e. The van der Waals surface area contributed by atoms with E-state index in [1.54, 1.807) is 0 Å². The van der Waals surface area contributed by atoms with Crippen LogP contribution in [-0.4, -0.2) is 37.0 Å². The second kappa shape index (κ2) is 3.58. The molecule has 0 unspecified atom stereocenters. The van der Waals surface area contributed by atoms with E-state index < -0.39 is 0 Å². The van der Waals surface area contributed by atoms with E-state index in [2.05, 4.69) is 16.3 Å². The van der Waals surface area contributed by atoms with E-state index in [1.807, 2.05) is 0 Å². The molecule has 76 valence electrons. The smallest absolute Gasteiger partial charge is 0.234 e. The van der Waals surface area contributed by atoms with Crippen LogP contribution in [0.2, 0.25) is 0 Å². The van der Waals surface area contributed by atoms with Crippen LogP contribution in [0.3, 0.4) is 0 Å². The molecule has 0 radical (unpaired) electrons. The molecule has 2 aliphatic rings. The van der Waals surface area contributed by atoms with E-state index in [-0.39, 0.29) is 11.3 Å². The van der Waals surface area contributed by atoms with E-state index >= 15 is 0 Å². The number of carbonyl (C=O) groups excluding carboxylic acids is 1. The zero-order valence-corrected chi connectivity index (χ0v) is 8.25. The molecule has 14 heavy (non-hydrogen) atoms. The molecule has 0 atom stereocenters. The Morgan fingerprint density at radius 3 is 2.93 bits per heavy atom. The molecule has 1 aliphatic carbocycles. The van der Waals surface area contributed by atoms with Crippen molar-refractivity contribution in [3.63, 3.8) is 0 Å². The normalized spacial score (nSPS) is 25.2. The fraction of sp³-hybridized carbons (Fsp3) is 0.800. The van der Waals surface area contributed by atoms with Crippen molar-refractivity contribution >= 4 is 5.91 Å². The summed E-state index contributed by atoms with van der Waals surface area (Å²) in [6.45, 7) is 3.11. The summed E-state index contributed by atoms with van der Waals surface area (Å²) in [5.41, 5.74) is 0.229. The van der Waals surface area contributed by atoms with E-state index in [1.165, 1.54) is 0 Å². The minimum absolute atomic E-state index is 0.115. The summed E-state index contributed by atoms with van der Waals surface area (Å²) in [6, 6.07) is 2.24. The van der Waals surface area contributed by atoms with Gasteiger partial charge in [-0.2, -0.15) is 5.26 Å². The number of piperazine rings is 1. The zero-order valence-electron chi connectivity index (χ0n) is 8.25. The Labute approximate surface area is 83.9 Å². The molecular formula is C10H15N3O. The summed E-state index contributed by atoms with van der Waals surface area (Å²) in [4.78, 5) is 13.3. The van der Waals surface area contributed by atoms with Gasteiger partial charge in [0.15, 0.2) is 0 Å². The summed E-state index contributed by atoms with van der Waals surface area (Å²) in [5, 5.41) is 11.5. The number of amides is 1. The lowest BCUT2D eigenvalue weighted by Gasteiger charge is -2.29. The van der Waals surface area contributed by atoms with Gasteiger partial charge in [0.25, 0.3) is 0 Å². The quantitative estimate of drug-likeness (QED) is 0.692. The van der Waals surface area contributed by atoms with E-state index in [9.17, 15) is 4.79 Å². The summed E-state index contributed by atoms with van der Waals surface area (Å²) in [7, 11) is 0. The van der Waals surface area contributed by atoms with Crippen LogP contribution in [0.25, 0.3) is 0 Å². The first-order chi connectivity index (χ1) is 6.74. The van der Waals surface area contributed by atoms with Crippen molar-refractivity contribution in [1.29, 1.82) is 5.26 Å². The van der Waals surface area contributed by atoms with E-state index in [0.29, 0.717) is 13.0 Å². The molecule has 0 aromatic rings. The van der Waals surface area contributed by atoms with Crippen molar-refractivity contribution in [2.45, 2.75) is 19.3 Å². The Kier molecular flexibility index (Phi) is 2.42. The first-order valence-electron chi connectivity index (χ1n) is 5.10. The lowest BCUT2D eigenvalue weighted by atomic mass is 10.0. The predicted octanol–water partition coefficient (Wildman–Crippen LogP) is 0.112. The highest BCUT2D eigenvalue weighted by Gasteiger charge is 2.44. The number of nitrogens with one attached hydrogen (secondary N) is 1. The van der Waals surface area contributed by atoms with Crippen molar-refractivity contribution in [2.24, 2.45) is 5.41 Å². The third-order valence-corrected chi connectivity index (χ3v) is 3.09. The van der Waals surface area contributed by atoms with Gasteiger partial charge in [0, 0.05) is 26.1 Å². The predicted molar refractivity (Wildman–Crippen MR) is 51.3 cm³/mol. The van der Waals surface area contributed by atoms with Gasteiger partial charge >= 0.3 is 0 Å². The molecule has 1 heterocycles. The zero-order chi connectivity index (χ0) is 10.0. The van der Waals surface area contributed by atoms with Crippen LogP contribution in [0.4, 0.5) is 0 Å². The summed E-state index contributed by atoms with van der Waals surface area (Å²) < 4.78 is 0. The third kappa shape index (κ3) is 2.05. The molecule has 1 N–H and O–H groups in total. The lowest BCUT2D eigenvalue weighted by Crippen LogP contribution is -2.49. The molecule has 0 aromatic heterocycles. The van der Waals surface area contributed by atoms with Crippen LogP contribution >= 0.6 is 0 Å². The van der Waals surface area contributed by atoms with Gasteiger partial charge in [0.1, 0.15) is 0 Å². The van der Waals surface area contributed by atoms with Gasteiger partial charge in [0.05, 0.1) is 12.6 Å². The van der Waals surface area contributed by atoms with Gasteiger partial charge in [-0.1, -0.05) is 0 Å². The Hall–Kier alpha value is -1.08. The number of hydrogen-bond acceptors (Lipinski definition) is 3. The number of nitrogens with zero attached hydrogens (tertiary/aromatic N) is 2. The molecule has 0 aromatic carbocycles. The lowest BCUT2D eigenvalue weighted by molar-refractivity contribution is -0.124. The standard InChI is InChI=1S/C10H15N3O/c11-4-3-10(1-2-10)8-13-6-5-12-9(14)7-13/h1-3,5-8H2,(H,12,14). The first kappa shape index (κ1) is 9.47. The monoisotopic (exact) mass is 193 g/mol. The molecule has 1 saturated carbocycles. The highest BCUT2D eigenvalue weighted by atomic mass is 16.2. The first-order valence-corrected chi connectivity index (χ1v) is 5.10. The minimum atomic E-state index is 0.115. The average molecular weight is 193 g/mol. The average Bonchev–Trinajstić information content (AvgIpc) is 2.85. The molecule has 1 amide bonds. The Bertz CT molecular complexity index is 278. The Morgan fingerprint density at radius 1 is 1.57 bits per heavy atom. The maximum absolute atomic E-state index is 11.1. The highest BCUT2D eigenvalue weighted by molar-refractivity contribution is 5.78. The third-order valence-electron chi connectivity index (χ3n) is 3.09. The van der Waals surface area contributed by atoms with Crippen LogP contribution in [0, 0.1) is 16.7 Å². The van der Waals surface area contributed by atoms with Crippen LogP contribution in [0.1, 0.15) is 19.3 Å². The van der Waals surface area contributed by atoms with Crippen molar-refractivity contribution in [3.05, 3.63) is 0 Å². The van der Waals surface area contributed by atoms with E-state index in [0.717, 1.165) is 32.5 Å². The fourth-order valence-corrected chi connectivity index (χ4v) is 2.04. The molecule has 2 rings (SSSR count). The molecule has 4 heteroatoms. The summed E-state index contributed by atoms with van der Waals surface area (Å²) >= 11 is 0. The number of carbonyl (C=O) groups is 1. The fourth-order valence-electron chi connectivity index (χ4n) is 2.04. The Morgan fingerprint density at radius 2 is 2.36 bits per heavy atom. The van der Waals surface area contributed by atoms with Gasteiger partial charge in [-0.05, 0) is 18.3 Å². The van der Waals surface area contributed by atoms with Crippen molar-refractivity contribution in [1.82, 2.24) is 10.2 Å². The molecule has 1 aliphatic heterocycles. The molecule has 4 nitrogen and oxygen atoms in total. The second-order valence-electron chi connectivity index (χ2n) is 4.40. The SMILES string of the molecule is N#CCC1(CN2CCNC(=O)C2)CC1. The topological polar surface area (TPSA) is 56.1 Å². The second-order valence-corrected chi connectivity index (χ2v) is 4.40. The largest absolute Gasteiger partial charge is 0.354 e. The maximum atomic E-state index is 11.1. The highest BCUT2D eigenvalue weighted by Crippen LogP contribution is 2.49. The van der Waals surface area contributed by atoms with Gasteiger partial charge in [0.2, 0.25) is 5.91 Å². The van der Waals surface area contributed by atoms with Gasteiger partial charge in [-0.15, -0.1) is 0 Å². The minimum Gasteiger partial charge on any atom is -0.354 e. The number of rotatable bonds is 3. The molecule has 0 bridgehead atoms. The van der Waals surface area contributed by atoms with Gasteiger partial charge in [-0.25, -0.2) is 0 Å². The molecule has 1 saturated heterocycles. The van der Waals surface area contributed by atoms with Crippen LogP contribution in [0.15, 0.2) is 0 Å². The molecular weight excluding hydrogens is 178 g/mol. The van der Waals surface area contributed by atoms with E-state index in [4.69, 9.17) is 5.26 Å². The number of nitriles is 1.